The zero-order valence-electron chi connectivity index (χ0n) is 13.9. The van der Waals surface area contributed by atoms with Crippen molar-refractivity contribution in [3.8, 4) is 0 Å². The van der Waals surface area contributed by atoms with Gasteiger partial charge in [-0.1, -0.05) is 6.07 Å². The van der Waals surface area contributed by atoms with Crippen molar-refractivity contribution in [3.63, 3.8) is 0 Å². The summed E-state index contributed by atoms with van der Waals surface area (Å²) in [5.41, 5.74) is 1.50. The smallest absolute Gasteiger partial charge is 0.185 e. The Hall–Kier alpha value is -1.50. The van der Waals surface area contributed by atoms with E-state index in [9.17, 15) is 0 Å². The number of hydrogen-bond acceptors (Lipinski definition) is 6. The summed E-state index contributed by atoms with van der Waals surface area (Å²) in [5, 5.41) is 3.19. The topological polar surface area (TPSA) is 41.5 Å². The van der Waals surface area contributed by atoms with E-state index in [1.54, 1.807) is 11.3 Å². The number of thiazole rings is 1. The monoisotopic (exact) mass is 344 g/mol. The van der Waals surface area contributed by atoms with E-state index in [4.69, 9.17) is 4.74 Å². The molecule has 0 unspecified atom stereocenters. The molecule has 1 spiro atoms. The zero-order valence-corrected chi connectivity index (χ0v) is 14.7. The van der Waals surface area contributed by atoms with Crippen LogP contribution in [0.15, 0.2) is 36.1 Å². The lowest BCUT2D eigenvalue weighted by Crippen LogP contribution is -2.50. The van der Waals surface area contributed by atoms with Gasteiger partial charge in [-0.2, -0.15) is 0 Å². The standard InChI is InChI=1S/C18H24N4OS/c1-3-16(11-19-5-1)12-21-7-2-4-18(13-21)14-22(8-9-23-15-18)17-20-6-10-24-17/h1,3,5-6,10-11H,2,4,7-9,12-15H2/t18-/m1/s1. The van der Waals surface area contributed by atoms with Gasteiger partial charge in [-0.25, -0.2) is 4.98 Å². The van der Waals surface area contributed by atoms with Crippen molar-refractivity contribution in [3.05, 3.63) is 41.7 Å². The summed E-state index contributed by atoms with van der Waals surface area (Å²) < 4.78 is 6.01. The van der Waals surface area contributed by atoms with E-state index in [1.807, 2.05) is 24.7 Å². The van der Waals surface area contributed by atoms with E-state index in [1.165, 1.54) is 18.4 Å². The van der Waals surface area contributed by atoms with Gasteiger partial charge in [-0.05, 0) is 31.0 Å². The summed E-state index contributed by atoms with van der Waals surface area (Å²) in [6.45, 7) is 6.87. The van der Waals surface area contributed by atoms with Crippen LogP contribution >= 0.6 is 11.3 Å². The molecule has 128 valence electrons. The minimum absolute atomic E-state index is 0.211. The van der Waals surface area contributed by atoms with Gasteiger partial charge >= 0.3 is 0 Å². The summed E-state index contributed by atoms with van der Waals surface area (Å²) >= 11 is 1.73. The molecule has 0 bridgehead atoms. The Morgan fingerprint density at radius 2 is 2.25 bits per heavy atom. The molecule has 24 heavy (non-hydrogen) atoms. The predicted octanol–water partition coefficient (Wildman–Crippen LogP) is 2.66. The number of nitrogens with zero attached hydrogens (tertiary/aromatic N) is 4. The van der Waals surface area contributed by atoms with Crippen LogP contribution in [0.2, 0.25) is 0 Å². The van der Waals surface area contributed by atoms with E-state index < -0.39 is 0 Å². The third-order valence-electron chi connectivity index (χ3n) is 5.00. The molecule has 0 N–H and O–H groups in total. The number of piperidine rings is 1. The van der Waals surface area contributed by atoms with Crippen molar-refractivity contribution >= 4 is 16.5 Å². The predicted molar refractivity (Wildman–Crippen MR) is 96.3 cm³/mol. The molecule has 5 nitrogen and oxygen atoms in total. The highest BCUT2D eigenvalue weighted by atomic mass is 32.1. The summed E-state index contributed by atoms with van der Waals surface area (Å²) in [5.74, 6) is 0. The van der Waals surface area contributed by atoms with Crippen molar-refractivity contribution in [1.82, 2.24) is 14.9 Å². The molecular weight excluding hydrogens is 320 g/mol. The summed E-state index contributed by atoms with van der Waals surface area (Å²) in [6.07, 6.45) is 8.18. The van der Waals surface area contributed by atoms with Gasteiger partial charge in [0.1, 0.15) is 0 Å². The SMILES string of the molecule is c1cncc(CN2CCC[C@@]3(COCCN(c4nccs4)C3)C2)c1. The number of aromatic nitrogens is 2. The van der Waals surface area contributed by atoms with Crippen LogP contribution in [0.4, 0.5) is 5.13 Å². The highest BCUT2D eigenvalue weighted by Gasteiger charge is 2.39. The molecule has 0 aliphatic carbocycles. The van der Waals surface area contributed by atoms with Crippen molar-refractivity contribution < 1.29 is 4.74 Å². The fraction of sp³-hybridized carbons (Fsp3) is 0.556. The molecule has 0 aromatic carbocycles. The molecule has 2 fully saturated rings. The van der Waals surface area contributed by atoms with Gasteiger partial charge in [-0.3, -0.25) is 9.88 Å². The lowest BCUT2D eigenvalue weighted by Gasteiger charge is -2.43. The second kappa shape index (κ2) is 7.17. The molecule has 1 atom stereocenters. The zero-order chi connectivity index (χ0) is 16.2. The molecule has 2 aromatic rings. The van der Waals surface area contributed by atoms with Gasteiger partial charge in [0.25, 0.3) is 0 Å². The van der Waals surface area contributed by atoms with Crippen LogP contribution in [0.5, 0.6) is 0 Å². The fourth-order valence-electron chi connectivity index (χ4n) is 3.97. The average Bonchev–Trinajstić information content (AvgIpc) is 3.07. The van der Waals surface area contributed by atoms with Gasteiger partial charge in [0.05, 0.1) is 13.2 Å². The molecule has 2 saturated heterocycles. The van der Waals surface area contributed by atoms with Gasteiger partial charge in [0, 0.05) is 55.6 Å². The highest BCUT2D eigenvalue weighted by molar-refractivity contribution is 7.13. The molecule has 4 heterocycles. The lowest BCUT2D eigenvalue weighted by molar-refractivity contribution is 0.0106. The Balaban J connectivity index is 1.48. The normalized spacial score (nSPS) is 25.8. The van der Waals surface area contributed by atoms with Crippen LogP contribution in [0.25, 0.3) is 0 Å². The number of anilines is 1. The Kier molecular flexibility index (Phi) is 4.78. The minimum atomic E-state index is 0.211. The largest absolute Gasteiger partial charge is 0.379 e. The van der Waals surface area contributed by atoms with Gasteiger partial charge in [0.15, 0.2) is 5.13 Å². The van der Waals surface area contributed by atoms with E-state index >= 15 is 0 Å². The van der Waals surface area contributed by atoms with E-state index in [-0.39, 0.29) is 5.41 Å². The molecule has 4 rings (SSSR count). The number of ether oxygens (including phenoxy) is 1. The molecule has 2 aliphatic rings. The van der Waals surface area contributed by atoms with Crippen LogP contribution in [-0.2, 0) is 11.3 Å². The Morgan fingerprint density at radius 3 is 3.08 bits per heavy atom. The maximum Gasteiger partial charge on any atom is 0.185 e. The molecular formula is C18H24N4OS. The molecule has 0 radical (unpaired) electrons. The number of pyridine rings is 1. The number of rotatable bonds is 3. The molecule has 6 heteroatoms. The van der Waals surface area contributed by atoms with E-state index in [2.05, 4.69) is 31.2 Å². The summed E-state index contributed by atoms with van der Waals surface area (Å²) in [6, 6.07) is 4.19. The van der Waals surface area contributed by atoms with Gasteiger partial charge in [-0.15, -0.1) is 11.3 Å². The first-order chi connectivity index (χ1) is 11.8. The third-order valence-corrected chi connectivity index (χ3v) is 5.83. The van der Waals surface area contributed by atoms with Crippen LogP contribution in [-0.4, -0.2) is 54.3 Å². The maximum absolute atomic E-state index is 6.01. The summed E-state index contributed by atoms with van der Waals surface area (Å²) in [4.78, 5) is 13.7. The first-order valence-electron chi connectivity index (χ1n) is 8.67. The molecule has 0 amide bonds. The van der Waals surface area contributed by atoms with Crippen molar-refractivity contribution in [2.75, 3.05) is 44.3 Å². The first kappa shape index (κ1) is 16.0. The molecule has 0 saturated carbocycles. The minimum Gasteiger partial charge on any atom is -0.379 e. The Bertz CT molecular complexity index is 636. The first-order valence-corrected chi connectivity index (χ1v) is 9.54. The number of hydrogen-bond donors (Lipinski definition) is 0. The van der Waals surface area contributed by atoms with E-state index in [0.29, 0.717) is 0 Å². The van der Waals surface area contributed by atoms with Crippen LogP contribution in [0.3, 0.4) is 0 Å². The van der Waals surface area contributed by atoms with Crippen LogP contribution < -0.4 is 4.90 Å². The number of likely N-dealkylation sites (tertiary alicyclic amines) is 1. The van der Waals surface area contributed by atoms with Gasteiger partial charge < -0.3 is 9.64 Å². The van der Waals surface area contributed by atoms with Crippen molar-refractivity contribution in [2.45, 2.75) is 19.4 Å². The second-order valence-corrected chi connectivity index (χ2v) is 7.84. The third kappa shape index (κ3) is 3.61. The van der Waals surface area contributed by atoms with Crippen LogP contribution in [0, 0.1) is 5.41 Å². The van der Waals surface area contributed by atoms with Gasteiger partial charge in [0.2, 0.25) is 0 Å². The molecule has 2 aliphatic heterocycles. The molecule has 2 aromatic heterocycles. The lowest BCUT2D eigenvalue weighted by atomic mass is 9.80. The Morgan fingerprint density at radius 1 is 1.25 bits per heavy atom. The van der Waals surface area contributed by atoms with Crippen molar-refractivity contribution in [2.24, 2.45) is 5.41 Å². The maximum atomic E-state index is 6.01. The Labute approximate surface area is 147 Å². The second-order valence-electron chi connectivity index (χ2n) is 6.96. The fourth-order valence-corrected chi connectivity index (χ4v) is 4.64. The van der Waals surface area contributed by atoms with Crippen molar-refractivity contribution in [1.29, 1.82) is 0 Å². The highest BCUT2D eigenvalue weighted by Crippen LogP contribution is 2.35. The average molecular weight is 344 g/mol. The quantitative estimate of drug-likeness (QED) is 0.856. The summed E-state index contributed by atoms with van der Waals surface area (Å²) in [7, 11) is 0. The van der Waals surface area contributed by atoms with Crippen LogP contribution in [0.1, 0.15) is 18.4 Å². The van der Waals surface area contributed by atoms with E-state index in [0.717, 1.165) is 51.1 Å².